The lowest BCUT2D eigenvalue weighted by Gasteiger charge is -2.48. The van der Waals surface area contributed by atoms with E-state index >= 15 is 0 Å². The molecule has 0 aromatic rings. The maximum absolute atomic E-state index is 3.63. The number of nitrogens with one attached hydrogen (secondary N) is 1. The second-order valence-electron chi connectivity index (χ2n) is 6.98. The molecule has 0 aromatic carbocycles. The van der Waals surface area contributed by atoms with E-state index in [4.69, 9.17) is 0 Å². The quantitative estimate of drug-likeness (QED) is 0.753. The lowest BCUT2D eigenvalue weighted by Crippen LogP contribution is -2.58. The molecule has 0 amide bonds. The van der Waals surface area contributed by atoms with Crippen LogP contribution in [0, 0.1) is 11.3 Å². The van der Waals surface area contributed by atoms with Crippen LogP contribution in [-0.4, -0.2) is 37.1 Å². The van der Waals surface area contributed by atoms with Crippen molar-refractivity contribution in [3.8, 4) is 0 Å². The largest absolute Gasteiger partial charge is 0.315 e. The average molecular weight is 268 g/mol. The first-order valence-corrected chi connectivity index (χ1v) is 8.41. The molecule has 1 aliphatic carbocycles. The monoisotopic (exact) mass is 268 g/mol. The Morgan fingerprint density at radius 2 is 1.84 bits per heavy atom. The van der Waals surface area contributed by atoms with Crippen molar-refractivity contribution in [2.24, 2.45) is 11.3 Å². The summed E-state index contributed by atoms with van der Waals surface area (Å²) in [5, 5.41) is 3.63. The summed E-state index contributed by atoms with van der Waals surface area (Å²) in [5.41, 5.74) is 0.430. The fourth-order valence-corrected chi connectivity index (χ4v) is 3.96. The maximum atomic E-state index is 3.63. The summed E-state index contributed by atoms with van der Waals surface area (Å²) in [7, 11) is 2.15. The van der Waals surface area contributed by atoms with Gasteiger partial charge in [-0.15, -0.1) is 0 Å². The molecule has 0 radical (unpaired) electrons. The zero-order chi connectivity index (χ0) is 14.5. The van der Waals surface area contributed by atoms with E-state index in [9.17, 15) is 0 Å². The Kier molecular flexibility index (Phi) is 6.82. The molecule has 0 bridgehead atoms. The van der Waals surface area contributed by atoms with E-state index in [1.54, 1.807) is 0 Å². The van der Waals surface area contributed by atoms with E-state index in [1.165, 1.54) is 45.2 Å². The number of nitrogens with zero attached hydrogens (tertiary/aromatic N) is 1. The van der Waals surface area contributed by atoms with Gasteiger partial charge in [-0.05, 0) is 37.8 Å². The van der Waals surface area contributed by atoms with Gasteiger partial charge in [0.15, 0.2) is 0 Å². The predicted molar refractivity (Wildman–Crippen MR) is 85.6 cm³/mol. The third-order valence-electron chi connectivity index (χ3n) is 5.38. The predicted octanol–water partition coefficient (Wildman–Crippen LogP) is 3.91. The second kappa shape index (κ2) is 7.64. The van der Waals surface area contributed by atoms with Crippen LogP contribution < -0.4 is 5.32 Å². The highest BCUT2D eigenvalue weighted by molar-refractivity contribution is 4.97. The first-order valence-electron chi connectivity index (χ1n) is 8.41. The van der Waals surface area contributed by atoms with E-state index in [2.05, 4.69) is 51.9 Å². The van der Waals surface area contributed by atoms with E-state index in [-0.39, 0.29) is 0 Å². The molecule has 2 nitrogen and oxygen atoms in total. The summed E-state index contributed by atoms with van der Waals surface area (Å²) in [5.74, 6) is 0.863. The lowest BCUT2D eigenvalue weighted by molar-refractivity contribution is 0.0450. The minimum Gasteiger partial charge on any atom is -0.315 e. The van der Waals surface area contributed by atoms with Crippen LogP contribution in [0.4, 0.5) is 0 Å². The molecular formula is C17H36N2. The van der Waals surface area contributed by atoms with Crippen molar-refractivity contribution in [3.05, 3.63) is 0 Å². The van der Waals surface area contributed by atoms with Gasteiger partial charge in [0.05, 0.1) is 0 Å². The molecule has 2 unspecified atom stereocenters. The van der Waals surface area contributed by atoms with Crippen molar-refractivity contribution in [3.63, 3.8) is 0 Å². The topological polar surface area (TPSA) is 15.3 Å². The zero-order valence-electron chi connectivity index (χ0n) is 14.1. The van der Waals surface area contributed by atoms with Gasteiger partial charge in [0, 0.05) is 18.6 Å². The summed E-state index contributed by atoms with van der Waals surface area (Å²) in [6, 6.07) is 1.36. The highest BCUT2D eigenvalue weighted by Crippen LogP contribution is 2.38. The summed E-state index contributed by atoms with van der Waals surface area (Å²) in [6.07, 6.45) is 6.73. The van der Waals surface area contributed by atoms with Crippen molar-refractivity contribution in [1.82, 2.24) is 10.2 Å². The highest BCUT2D eigenvalue weighted by Gasteiger charge is 2.40. The number of hydrogen-bond donors (Lipinski definition) is 1. The number of likely N-dealkylation sites (N-methyl/N-ethyl adjacent to an activating group) is 2. The van der Waals surface area contributed by atoms with Gasteiger partial charge in [0.2, 0.25) is 0 Å². The molecule has 0 saturated heterocycles. The summed E-state index contributed by atoms with van der Waals surface area (Å²) < 4.78 is 0. The molecule has 1 saturated carbocycles. The fourth-order valence-electron chi connectivity index (χ4n) is 3.96. The van der Waals surface area contributed by atoms with Crippen molar-refractivity contribution in [2.75, 3.05) is 20.1 Å². The van der Waals surface area contributed by atoms with Crippen LogP contribution in [0.2, 0.25) is 0 Å². The maximum Gasteiger partial charge on any atom is 0.0271 e. The van der Waals surface area contributed by atoms with Crippen LogP contribution in [0.3, 0.4) is 0 Å². The average Bonchev–Trinajstić information content (AvgIpc) is 2.39. The molecule has 0 aromatic heterocycles. The molecule has 114 valence electrons. The zero-order valence-corrected chi connectivity index (χ0v) is 14.1. The molecule has 2 atom stereocenters. The van der Waals surface area contributed by atoms with Gasteiger partial charge in [-0.1, -0.05) is 53.9 Å². The summed E-state index contributed by atoms with van der Waals surface area (Å²) in [6.45, 7) is 14.3. The van der Waals surface area contributed by atoms with Crippen LogP contribution in [0.5, 0.6) is 0 Å². The third kappa shape index (κ3) is 4.19. The normalized spacial score (nSPS) is 27.2. The van der Waals surface area contributed by atoms with Crippen LogP contribution in [0.1, 0.15) is 66.7 Å². The van der Waals surface area contributed by atoms with E-state index in [0.29, 0.717) is 11.5 Å². The Labute approximate surface area is 121 Å². The Bertz CT molecular complexity index is 246. The Morgan fingerprint density at radius 3 is 2.32 bits per heavy atom. The van der Waals surface area contributed by atoms with Crippen LogP contribution in [0.15, 0.2) is 0 Å². The van der Waals surface area contributed by atoms with Crippen molar-refractivity contribution in [2.45, 2.75) is 78.8 Å². The first-order chi connectivity index (χ1) is 9.00. The van der Waals surface area contributed by atoms with Crippen molar-refractivity contribution >= 4 is 0 Å². The molecule has 0 heterocycles. The molecule has 1 fully saturated rings. The molecule has 1 aliphatic rings. The second-order valence-corrected chi connectivity index (χ2v) is 6.98. The molecule has 19 heavy (non-hydrogen) atoms. The van der Waals surface area contributed by atoms with E-state index < -0.39 is 0 Å². The van der Waals surface area contributed by atoms with Gasteiger partial charge in [-0.3, -0.25) is 4.90 Å². The smallest absolute Gasteiger partial charge is 0.0271 e. The highest BCUT2D eigenvalue weighted by atomic mass is 15.2. The van der Waals surface area contributed by atoms with E-state index in [0.717, 1.165) is 12.0 Å². The summed E-state index contributed by atoms with van der Waals surface area (Å²) >= 11 is 0. The van der Waals surface area contributed by atoms with Crippen molar-refractivity contribution in [1.29, 1.82) is 0 Å². The van der Waals surface area contributed by atoms with Gasteiger partial charge < -0.3 is 5.32 Å². The minimum absolute atomic E-state index is 0.430. The standard InChI is InChI=1S/C17H36N2/c1-7-14(8-2)13-19(9-3)15-11-10-12-17(4,5)16(15)18-6/h14-16,18H,7-13H2,1-6H3. The molecule has 0 aliphatic heterocycles. The van der Waals surface area contributed by atoms with Crippen LogP contribution >= 0.6 is 0 Å². The Morgan fingerprint density at radius 1 is 1.21 bits per heavy atom. The molecular weight excluding hydrogens is 232 g/mol. The summed E-state index contributed by atoms with van der Waals surface area (Å²) in [4.78, 5) is 2.75. The molecule has 1 rings (SSSR count). The van der Waals surface area contributed by atoms with Gasteiger partial charge in [-0.2, -0.15) is 0 Å². The minimum atomic E-state index is 0.430. The first kappa shape index (κ1) is 17.0. The van der Waals surface area contributed by atoms with Crippen LogP contribution in [0.25, 0.3) is 0 Å². The van der Waals surface area contributed by atoms with Crippen LogP contribution in [-0.2, 0) is 0 Å². The fraction of sp³-hybridized carbons (Fsp3) is 1.00. The van der Waals surface area contributed by atoms with E-state index in [1.807, 2.05) is 0 Å². The van der Waals surface area contributed by atoms with Crippen molar-refractivity contribution < 1.29 is 0 Å². The Hall–Kier alpha value is -0.0800. The third-order valence-corrected chi connectivity index (χ3v) is 5.38. The SMILES string of the molecule is CCC(CC)CN(CC)C1CCCC(C)(C)C1NC. The van der Waals surface area contributed by atoms with Gasteiger partial charge >= 0.3 is 0 Å². The van der Waals surface area contributed by atoms with Gasteiger partial charge in [0.1, 0.15) is 0 Å². The number of hydrogen-bond acceptors (Lipinski definition) is 2. The molecule has 1 N–H and O–H groups in total. The lowest BCUT2D eigenvalue weighted by atomic mass is 9.70. The van der Waals surface area contributed by atoms with Gasteiger partial charge in [-0.25, -0.2) is 0 Å². The molecule has 0 spiro atoms. The molecule has 2 heteroatoms. The number of rotatable bonds is 7. The Balaban J connectivity index is 2.77. The van der Waals surface area contributed by atoms with Gasteiger partial charge in [0.25, 0.3) is 0 Å².